The fourth-order valence-corrected chi connectivity index (χ4v) is 2.95. The molecule has 0 bridgehead atoms. The summed E-state index contributed by atoms with van der Waals surface area (Å²) in [6.07, 6.45) is -0.225. The molecule has 31 heavy (non-hydrogen) atoms. The third kappa shape index (κ3) is 8.53. The summed E-state index contributed by atoms with van der Waals surface area (Å²) in [5.74, 6) is 0.478. The quantitative estimate of drug-likeness (QED) is 0.275. The van der Waals surface area contributed by atoms with Gasteiger partial charge in [-0.3, -0.25) is 0 Å². The van der Waals surface area contributed by atoms with Crippen LogP contribution in [0.15, 0.2) is 52.7 Å². The van der Waals surface area contributed by atoms with Crippen molar-refractivity contribution >= 4 is 34.4 Å². The number of likely N-dealkylation sites (N-methyl/N-ethyl adjacent to an activating group) is 1. The van der Waals surface area contributed by atoms with Gasteiger partial charge in [0.15, 0.2) is 6.29 Å². The van der Waals surface area contributed by atoms with Crippen LogP contribution in [0.1, 0.15) is 27.7 Å². The molecular formula is C22H30ClN4O4-. The van der Waals surface area contributed by atoms with Crippen molar-refractivity contribution in [1.82, 2.24) is 0 Å². The van der Waals surface area contributed by atoms with Gasteiger partial charge in [0.05, 0.1) is 23.9 Å². The first-order valence-corrected chi connectivity index (χ1v) is 10.7. The van der Waals surface area contributed by atoms with Gasteiger partial charge in [-0.05, 0) is 50.1 Å². The monoisotopic (exact) mass is 449 g/mol. The van der Waals surface area contributed by atoms with Gasteiger partial charge in [0.2, 0.25) is 0 Å². The summed E-state index contributed by atoms with van der Waals surface area (Å²) < 4.78 is 11.4. The number of halogens is 1. The molecule has 0 saturated carbocycles. The van der Waals surface area contributed by atoms with Crippen LogP contribution >= 0.6 is 11.6 Å². The molecule has 8 nitrogen and oxygen atoms in total. The molecule has 0 aliphatic carbocycles. The Hall–Kier alpha value is -2.07. The number of ether oxygens (including phenoxy) is 2. The van der Waals surface area contributed by atoms with Crippen molar-refractivity contribution in [2.75, 3.05) is 31.2 Å². The van der Waals surface area contributed by atoms with E-state index in [0.29, 0.717) is 30.5 Å². The molecular weight excluding hydrogens is 420 g/mol. The average molecular weight is 450 g/mol. The summed E-state index contributed by atoms with van der Waals surface area (Å²) >= 11 is 6.06. The Morgan fingerprint density at radius 1 is 1.03 bits per heavy atom. The molecule has 170 valence electrons. The fraction of sp³-hybridized carbons (Fsp3) is 0.455. The second kappa shape index (κ2) is 12.7. The molecule has 1 atom stereocenters. The molecule has 0 aliphatic rings. The number of azo groups is 1. The van der Waals surface area contributed by atoms with Crippen LogP contribution in [0.4, 0.5) is 22.7 Å². The molecule has 2 aromatic carbocycles. The highest BCUT2D eigenvalue weighted by atomic mass is 35.5. The SMILES string of the molecule is CCN(CCOC(C)OCC(C)C)c1ccc(N=Nc2ccc([NH+]([O-])[O-])cc2Cl)cc1. The summed E-state index contributed by atoms with van der Waals surface area (Å²) in [5.41, 5.74) is 2.10. The van der Waals surface area contributed by atoms with E-state index in [1.807, 2.05) is 31.2 Å². The lowest BCUT2D eigenvalue weighted by Gasteiger charge is -2.24. The molecule has 2 aromatic rings. The van der Waals surface area contributed by atoms with Crippen molar-refractivity contribution in [2.45, 2.75) is 34.0 Å². The van der Waals surface area contributed by atoms with Crippen molar-refractivity contribution in [3.05, 3.63) is 57.9 Å². The van der Waals surface area contributed by atoms with E-state index in [4.69, 9.17) is 21.1 Å². The molecule has 1 unspecified atom stereocenters. The Morgan fingerprint density at radius 2 is 1.74 bits per heavy atom. The molecule has 0 radical (unpaired) electrons. The van der Waals surface area contributed by atoms with Crippen molar-refractivity contribution in [3.63, 3.8) is 0 Å². The standard InChI is InChI=1S/C22H30ClN4O4/c1-5-26(12-13-30-17(4)31-15-16(2)3)19-8-6-18(7-9-19)24-25-22-11-10-20(27(28)29)14-21(22)23/h6-11,14,16-17,27H,5,12-13,15H2,1-4H3/q-1. The number of benzene rings is 2. The zero-order chi connectivity index (χ0) is 22.8. The second-order valence-electron chi connectivity index (χ2n) is 7.42. The number of rotatable bonds is 12. The minimum Gasteiger partial charge on any atom is -0.628 e. The first-order valence-electron chi connectivity index (χ1n) is 10.3. The largest absolute Gasteiger partial charge is 0.628 e. The fourth-order valence-electron chi connectivity index (χ4n) is 2.73. The predicted molar refractivity (Wildman–Crippen MR) is 124 cm³/mol. The number of hydrogen-bond acceptors (Lipinski definition) is 7. The van der Waals surface area contributed by atoms with Crippen molar-refractivity contribution in [1.29, 1.82) is 0 Å². The second-order valence-corrected chi connectivity index (χ2v) is 7.82. The average Bonchev–Trinajstić information content (AvgIpc) is 2.75. The highest BCUT2D eigenvalue weighted by molar-refractivity contribution is 6.33. The van der Waals surface area contributed by atoms with E-state index < -0.39 is 5.23 Å². The van der Waals surface area contributed by atoms with E-state index in [1.165, 1.54) is 18.2 Å². The highest BCUT2D eigenvalue weighted by Crippen LogP contribution is 2.29. The lowest BCUT2D eigenvalue weighted by molar-refractivity contribution is -0.715. The van der Waals surface area contributed by atoms with Gasteiger partial charge < -0.3 is 30.0 Å². The minimum absolute atomic E-state index is 0.00202. The molecule has 0 heterocycles. The van der Waals surface area contributed by atoms with Crippen LogP contribution in [0.2, 0.25) is 5.02 Å². The van der Waals surface area contributed by atoms with E-state index in [-0.39, 0.29) is 17.0 Å². The van der Waals surface area contributed by atoms with Gasteiger partial charge in [-0.1, -0.05) is 25.4 Å². The maximum Gasteiger partial charge on any atom is 0.154 e. The summed E-state index contributed by atoms with van der Waals surface area (Å²) in [4.78, 5) is 2.20. The third-order valence-electron chi connectivity index (χ3n) is 4.43. The molecule has 0 spiro atoms. The van der Waals surface area contributed by atoms with Crippen LogP contribution in [0.3, 0.4) is 0 Å². The Kier molecular flexibility index (Phi) is 10.3. The maximum absolute atomic E-state index is 10.9. The van der Waals surface area contributed by atoms with E-state index >= 15 is 0 Å². The maximum atomic E-state index is 10.9. The van der Waals surface area contributed by atoms with Crippen molar-refractivity contribution in [2.24, 2.45) is 16.1 Å². The summed E-state index contributed by atoms with van der Waals surface area (Å²) in [6.45, 7) is 11.0. The van der Waals surface area contributed by atoms with Gasteiger partial charge in [-0.15, -0.1) is 5.11 Å². The van der Waals surface area contributed by atoms with Crippen LogP contribution in [-0.4, -0.2) is 32.6 Å². The predicted octanol–water partition coefficient (Wildman–Crippen LogP) is 5.13. The molecule has 0 aliphatic heterocycles. The van der Waals surface area contributed by atoms with Gasteiger partial charge in [-0.2, -0.15) is 5.11 Å². The molecule has 2 rings (SSSR count). The Morgan fingerprint density at radius 3 is 2.32 bits per heavy atom. The summed E-state index contributed by atoms with van der Waals surface area (Å²) in [7, 11) is 0. The molecule has 1 N–H and O–H groups in total. The molecule has 0 saturated heterocycles. The molecule has 0 fully saturated rings. The van der Waals surface area contributed by atoms with Gasteiger partial charge in [0.1, 0.15) is 11.4 Å². The number of nitrogens with one attached hydrogen (secondary N) is 1. The number of nitrogens with zero attached hydrogens (tertiary/aromatic N) is 3. The first-order chi connectivity index (χ1) is 14.8. The zero-order valence-electron chi connectivity index (χ0n) is 18.4. The number of anilines is 1. The Bertz CT molecular complexity index is 831. The van der Waals surface area contributed by atoms with E-state index in [1.54, 1.807) is 0 Å². The summed E-state index contributed by atoms with van der Waals surface area (Å²) in [5, 5.41) is 28.9. The Balaban J connectivity index is 1.91. The number of hydrogen-bond donors (Lipinski definition) is 1. The lowest BCUT2D eigenvalue weighted by Crippen LogP contribution is -2.96. The van der Waals surface area contributed by atoms with Crippen molar-refractivity contribution in [3.8, 4) is 0 Å². The van der Waals surface area contributed by atoms with Gasteiger partial charge >= 0.3 is 0 Å². The number of quaternary nitrogens is 1. The molecule has 0 aromatic heterocycles. The van der Waals surface area contributed by atoms with Gasteiger partial charge in [-0.25, -0.2) is 0 Å². The smallest absolute Gasteiger partial charge is 0.154 e. The first kappa shape index (κ1) is 25.2. The van der Waals surface area contributed by atoms with E-state index in [9.17, 15) is 10.4 Å². The minimum atomic E-state index is -1.29. The normalized spacial score (nSPS) is 12.8. The molecule has 9 heteroatoms. The van der Waals surface area contributed by atoms with Crippen LogP contribution < -0.4 is 10.1 Å². The van der Waals surface area contributed by atoms with Gasteiger partial charge in [0.25, 0.3) is 0 Å². The van der Waals surface area contributed by atoms with Crippen LogP contribution in [0, 0.1) is 16.3 Å². The topological polar surface area (TPSA) is 97.0 Å². The molecule has 0 amide bonds. The zero-order valence-corrected chi connectivity index (χ0v) is 19.1. The van der Waals surface area contributed by atoms with Gasteiger partial charge in [0, 0.05) is 30.9 Å². The van der Waals surface area contributed by atoms with E-state index in [2.05, 4.69) is 35.9 Å². The van der Waals surface area contributed by atoms with Crippen LogP contribution in [-0.2, 0) is 9.47 Å². The third-order valence-corrected chi connectivity index (χ3v) is 4.73. The lowest BCUT2D eigenvalue weighted by atomic mass is 10.2. The Labute approximate surface area is 188 Å². The van der Waals surface area contributed by atoms with E-state index in [0.717, 1.165) is 18.8 Å². The van der Waals surface area contributed by atoms with Crippen molar-refractivity contribution < 1.29 is 14.7 Å². The van der Waals surface area contributed by atoms with Crippen LogP contribution in [0.5, 0.6) is 0 Å². The summed E-state index contributed by atoms with van der Waals surface area (Å²) in [6, 6.07) is 11.8. The van der Waals surface area contributed by atoms with Crippen LogP contribution in [0.25, 0.3) is 0 Å². The highest BCUT2D eigenvalue weighted by Gasteiger charge is 2.08.